The van der Waals surface area contributed by atoms with Crippen LogP contribution in [-0.4, -0.2) is 42.5 Å². The molecular weight excluding hydrogens is 478 g/mol. The summed E-state index contributed by atoms with van der Waals surface area (Å²) in [5.74, 6) is 0.0765. The number of unbranched alkanes of at least 4 members (excludes halogenated alkanes) is 3. The molecule has 0 bridgehead atoms. The molecule has 0 unspecified atom stereocenters. The highest BCUT2D eigenvalue weighted by Crippen LogP contribution is 2.24. The van der Waals surface area contributed by atoms with Gasteiger partial charge in [0, 0.05) is 29.8 Å². The molecule has 166 valence electrons. The van der Waals surface area contributed by atoms with Crippen molar-refractivity contribution in [2.24, 2.45) is 0 Å². The molecule has 0 atom stereocenters. The van der Waals surface area contributed by atoms with E-state index in [1.54, 1.807) is 50.5 Å². The van der Waals surface area contributed by atoms with Gasteiger partial charge in [0.15, 0.2) is 5.11 Å². The van der Waals surface area contributed by atoms with Gasteiger partial charge in [-0.25, -0.2) is 0 Å². The summed E-state index contributed by atoms with van der Waals surface area (Å²) in [5, 5.41) is 5.80. The Labute approximate surface area is 197 Å². The molecule has 8 heteroatoms. The third-order valence-electron chi connectivity index (χ3n) is 4.46. The van der Waals surface area contributed by atoms with Crippen LogP contribution in [0, 0.1) is 0 Å². The SMILES string of the molecule is CCCCCCOc1ccc(Br)cc1C(=O)NC(=S)Nc1ccc(C(=O)N(C)C)cc1. The lowest BCUT2D eigenvalue weighted by Gasteiger charge is -2.14. The predicted octanol–water partition coefficient (Wildman–Crippen LogP) is 5.24. The van der Waals surface area contributed by atoms with Crippen LogP contribution >= 0.6 is 28.1 Å². The number of anilines is 1. The maximum atomic E-state index is 12.8. The van der Waals surface area contributed by atoms with E-state index in [1.807, 2.05) is 6.07 Å². The fourth-order valence-electron chi connectivity index (χ4n) is 2.80. The summed E-state index contributed by atoms with van der Waals surface area (Å²) in [5.41, 5.74) is 1.64. The number of carbonyl (C=O) groups is 2. The maximum Gasteiger partial charge on any atom is 0.261 e. The first-order valence-electron chi connectivity index (χ1n) is 10.2. The molecule has 2 amide bonds. The van der Waals surface area contributed by atoms with E-state index in [2.05, 4.69) is 33.5 Å². The number of amides is 2. The van der Waals surface area contributed by atoms with Gasteiger partial charge < -0.3 is 15.0 Å². The van der Waals surface area contributed by atoms with Gasteiger partial charge in [0.2, 0.25) is 0 Å². The molecule has 0 aromatic heterocycles. The molecular formula is C23H28BrN3O3S. The summed E-state index contributed by atoms with van der Waals surface area (Å²) >= 11 is 8.68. The van der Waals surface area contributed by atoms with E-state index in [1.165, 1.54) is 11.3 Å². The van der Waals surface area contributed by atoms with Gasteiger partial charge in [-0.05, 0) is 61.1 Å². The molecule has 31 heavy (non-hydrogen) atoms. The van der Waals surface area contributed by atoms with E-state index < -0.39 is 0 Å². The molecule has 0 radical (unpaired) electrons. The Kier molecular flexibility index (Phi) is 9.94. The zero-order chi connectivity index (χ0) is 22.8. The summed E-state index contributed by atoms with van der Waals surface area (Å²) in [6.45, 7) is 2.72. The number of rotatable bonds is 9. The van der Waals surface area contributed by atoms with Crippen molar-refractivity contribution in [3.05, 3.63) is 58.1 Å². The number of ether oxygens (including phenoxy) is 1. The average molecular weight is 506 g/mol. The van der Waals surface area contributed by atoms with E-state index >= 15 is 0 Å². The van der Waals surface area contributed by atoms with Crippen molar-refractivity contribution in [3.63, 3.8) is 0 Å². The summed E-state index contributed by atoms with van der Waals surface area (Å²) in [6.07, 6.45) is 4.37. The van der Waals surface area contributed by atoms with Crippen molar-refractivity contribution in [1.29, 1.82) is 0 Å². The topological polar surface area (TPSA) is 70.7 Å². The van der Waals surface area contributed by atoms with Crippen molar-refractivity contribution in [1.82, 2.24) is 10.2 Å². The molecule has 0 aliphatic carbocycles. The molecule has 0 fully saturated rings. The molecule has 6 nitrogen and oxygen atoms in total. The highest BCUT2D eigenvalue weighted by Gasteiger charge is 2.15. The second kappa shape index (κ2) is 12.4. The largest absolute Gasteiger partial charge is 0.493 e. The minimum Gasteiger partial charge on any atom is -0.493 e. The van der Waals surface area contributed by atoms with Crippen LogP contribution in [0.1, 0.15) is 53.3 Å². The predicted molar refractivity (Wildman–Crippen MR) is 132 cm³/mol. The third kappa shape index (κ3) is 7.95. The van der Waals surface area contributed by atoms with E-state index in [4.69, 9.17) is 17.0 Å². The van der Waals surface area contributed by atoms with Crippen molar-refractivity contribution in [2.75, 3.05) is 26.0 Å². The van der Waals surface area contributed by atoms with Gasteiger partial charge in [-0.15, -0.1) is 0 Å². The molecule has 2 rings (SSSR count). The lowest BCUT2D eigenvalue weighted by molar-refractivity contribution is 0.0827. The lowest BCUT2D eigenvalue weighted by atomic mass is 10.2. The first-order chi connectivity index (χ1) is 14.8. The van der Waals surface area contributed by atoms with Crippen LogP contribution in [0.5, 0.6) is 5.75 Å². The van der Waals surface area contributed by atoms with Crippen molar-refractivity contribution >= 4 is 50.8 Å². The van der Waals surface area contributed by atoms with Crippen LogP contribution < -0.4 is 15.4 Å². The molecule has 0 saturated carbocycles. The van der Waals surface area contributed by atoms with E-state index in [9.17, 15) is 9.59 Å². The Morgan fingerprint density at radius 3 is 2.42 bits per heavy atom. The van der Waals surface area contributed by atoms with Gasteiger partial charge in [-0.2, -0.15) is 0 Å². The van der Waals surface area contributed by atoms with Crippen molar-refractivity contribution < 1.29 is 14.3 Å². The second-order valence-electron chi connectivity index (χ2n) is 7.23. The molecule has 0 aliphatic heterocycles. The normalized spacial score (nSPS) is 10.3. The quantitative estimate of drug-likeness (QED) is 0.360. The number of hydrogen-bond donors (Lipinski definition) is 2. The number of thiocarbonyl (C=S) groups is 1. The number of hydrogen-bond acceptors (Lipinski definition) is 4. The fourth-order valence-corrected chi connectivity index (χ4v) is 3.38. The number of nitrogens with one attached hydrogen (secondary N) is 2. The second-order valence-corrected chi connectivity index (χ2v) is 8.56. The Hall–Kier alpha value is -2.45. The van der Waals surface area contributed by atoms with Gasteiger partial charge in [-0.1, -0.05) is 42.1 Å². The zero-order valence-corrected chi connectivity index (χ0v) is 20.4. The van der Waals surface area contributed by atoms with Gasteiger partial charge >= 0.3 is 0 Å². The fraction of sp³-hybridized carbons (Fsp3) is 0.348. The molecule has 2 aromatic carbocycles. The minimum atomic E-state index is -0.359. The molecule has 0 spiro atoms. The number of nitrogens with zero attached hydrogens (tertiary/aromatic N) is 1. The summed E-state index contributed by atoms with van der Waals surface area (Å²) < 4.78 is 6.61. The van der Waals surface area contributed by atoms with Crippen LogP contribution in [0.2, 0.25) is 0 Å². The minimum absolute atomic E-state index is 0.0840. The summed E-state index contributed by atoms with van der Waals surface area (Å²) in [4.78, 5) is 26.3. The number of halogens is 1. The van der Waals surface area contributed by atoms with Gasteiger partial charge in [0.05, 0.1) is 12.2 Å². The van der Waals surface area contributed by atoms with E-state index in [-0.39, 0.29) is 16.9 Å². The first kappa shape index (κ1) is 24.8. The molecule has 2 N–H and O–H groups in total. The van der Waals surface area contributed by atoms with Crippen LogP contribution in [0.15, 0.2) is 46.9 Å². The van der Waals surface area contributed by atoms with Gasteiger partial charge in [0.1, 0.15) is 5.75 Å². The zero-order valence-electron chi connectivity index (χ0n) is 18.0. The molecule has 0 aliphatic rings. The highest BCUT2D eigenvalue weighted by molar-refractivity contribution is 9.10. The maximum absolute atomic E-state index is 12.8. The Balaban J connectivity index is 1.98. The lowest BCUT2D eigenvalue weighted by Crippen LogP contribution is -2.34. The number of benzene rings is 2. The Bertz CT molecular complexity index is 917. The standard InChI is InChI=1S/C23H28BrN3O3S/c1-4-5-6-7-14-30-20-13-10-17(24)15-19(20)21(28)26-23(31)25-18-11-8-16(9-12-18)22(29)27(2)3/h8-13,15H,4-7,14H2,1-3H3,(H2,25,26,28,31). The van der Waals surface area contributed by atoms with Gasteiger partial charge in [0.25, 0.3) is 11.8 Å². The Morgan fingerprint density at radius 2 is 1.77 bits per heavy atom. The molecule has 2 aromatic rings. The highest BCUT2D eigenvalue weighted by atomic mass is 79.9. The molecule has 0 heterocycles. The van der Waals surface area contributed by atoms with Crippen LogP contribution in [0.25, 0.3) is 0 Å². The van der Waals surface area contributed by atoms with Gasteiger partial charge in [-0.3, -0.25) is 14.9 Å². The summed E-state index contributed by atoms with van der Waals surface area (Å²) in [6, 6.07) is 12.2. The smallest absolute Gasteiger partial charge is 0.261 e. The van der Waals surface area contributed by atoms with Crippen LogP contribution in [-0.2, 0) is 0 Å². The first-order valence-corrected chi connectivity index (χ1v) is 11.4. The van der Waals surface area contributed by atoms with Crippen LogP contribution in [0.4, 0.5) is 5.69 Å². The van der Waals surface area contributed by atoms with E-state index in [0.29, 0.717) is 29.2 Å². The van der Waals surface area contributed by atoms with E-state index in [0.717, 1.165) is 23.7 Å². The Morgan fingerprint density at radius 1 is 1.06 bits per heavy atom. The number of carbonyl (C=O) groups excluding carboxylic acids is 2. The molecule has 0 saturated heterocycles. The van der Waals surface area contributed by atoms with Crippen LogP contribution in [0.3, 0.4) is 0 Å². The average Bonchev–Trinajstić information content (AvgIpc) is 2.74. The van der Waals surface area contributed by atoms with Crippen molar-refractivity contribution in [2.45, 2.75) is 32.6 Å². The van der Waals surface area contributed by atoms with Crippen molar-refractivity contribution in [3.8, 4) is 5.75 Å². The summed E-state index contributed by atoms with van der Waals surface area (Å²) in [7, 11) is 3.40. The monoisotopic (exact) mass is 505 g/mol. The third-order valence-corrected chi connectivity index (χ3v) is 5.16.